The van der Waals surface area contributed by atoms with Crippen LogP contribution in [-0.2, 0) is 52.7 Å². The summed E-state index contributed by atoms with van der Waals surface area (Å²) in [5.74, 6) is -10.5. The van der Waals surface area contributed by atoms with Crippen LogP contribution in [0.25, 0.3) is 0 Å². The van der Waals surface area contributed by atoms with E-state index in [2.05, 4.69) is 72.8 Å². The van der Waals surface area contributed by atoms with Crippen LogP contribution in [0.4, 0.5) is 0 Å². The fourth-order valence-corrected chi connectivity index (χ4v) is 10.3. The molecule has 42 heteroatoms. The SMILES string of the molecule is C[C@@H](O)[C@H](N)C(=O)N1CCC[C@H]1C(=O)N[C@@H](CCCN=C(N)N)C(=O)N[C@H](CCCCN)C(=O)N[C@@H](CCCN=C(N)N)C(=O)N[C@@H](CCCN=C(N)N)C(=O)N[C@@H](CCCN=C(N)N)C(=O)N[C@@H](CCCCN)C(=O)N[C@@H](CCCCN)C(=O)N[C@@H](CCCN=C(N)N)C(=O)NCC(N)=O. The number of nitrogens with zero attached hydrogens (tertiary/aromatic N) is 6. The summed E-state index contributed by atoms with van der Waals surface area (Å²) in [5.41, 5.74) is 84.4. The van der Waals surface area contributed by atoms with Crippen LogP contribution in [0.2, 0.25) is 0 Å². The number of hydrogen-bond donors (Lipinski definition) is 25. The van der Waals surface area contributed by atoms with E-state index in [0.29, 0.717) is 32.1 Å². The molecule has 1 rings (SSSR count). The van der Waals surface area contributed by atoms with Gasteiger partial charge in [-0.15, -0.1) is 0 Å². The maximum absolute atomic E-state index is 14.8. The van der Waals surface area contributed by atoms with Gasteiger partial charge in [0.25, 0.3) is 0 Å². The topological polar surface area (TPSA) is 772 Å². The molecule has 42 nitrogen and oxygen atoms in total. The van der Waals surface area contributed by atoms with E-state index in [1.54, 1.807) is 0 Å². The van der Waals surface area contributed by atoms with Gasteiger partial charge in [-0.3, -0.25) is 77.7 Å². The van der Waals surface area contributed by atoms with Crippen molar-refractivity contribution in [3.8, 4) is 0 Å². The lowest BCUT2D eigenvalue weighted by Gasteiger charge is -2.30. The number of nitrogens with one attached hydrogen (secondary N) is 9. The zero-order valence-corrected chi connectivity index (χ0v) is 58.1. The van der Waals surface area contributed by atoms with Crippen molar-refractivity contribution in [3.05, 3.63) is 0 Å². The van der Waals surface area contributed by atoms with E-state index in [1.807, 2.05) is 0 Å². The molecule has 11 amide bonds. The lowest BCUT2D eigenvalue weighted by Crippen LogP contribution is -2.60. The highest BCUT2D eigenvalue weighted by Gasteiger charge is 2.40. The molecule has 1 fully saturated rings. The smallest absolute Gasteiger partial charge is 0.243 e. The van der Waals surface area contributed by atoms with Crippen LogP contribution < -0.4 is 134 Å². The minimum absolute atomic E-state index is 0.00883. The van der Waals surface area contributed by atoms with Crippen LogP contribution in [0, 0.1) is 0 Å². The first-order valence-corrected chi connectivity index (χ1v) is 34.0. The Bertz CT molecular complexity index is 2770. The minimum Gasteiger partial charge on any atom is -0.391 e. The van der Waals surface area contributed by atoms with Crippen LogP contribution in [0.15, 0.2) is 25.0 Å². The third kappa shape index (κ3) is 38.5. The van der Waals surface area contributed by atoms with Gasteiger partial charge in [-0.25, -0.2) is 0 Å². The number of guanidine groups is 5. The number of aliphatic imine (C=N–C) groups is 5. The van der Waals surface area contributed by atoms with Crippen molar-refractivity contribution in [2.75, 3.05) is 65.4 Å². The molecule has 1 heterocycles. The van der Waals surface area contributed by atoms with Gasteiger partial charge in [-0.2, -0.15) is 0 Å². The van der Waals surface area contributed by atoms with Crippen LogP contribution >= 0.6 is 0 Å². The molecular weight excluding hydrogens is 1320 g/mol. The second-order valence-corrected chi connectivity index (χ2v) is 24.2. The number of carbonyl (C=O) groups excluding carboxylic acids is 11. The molecule has 1 saturated heterocycles. The standard InChI is InChI=1S/C59H116N30O12/c1-33(90)44(64)54(101)89-31-13-22-42(89)53(100)88-41(21-12-30-79-59(73)74)52(99)84-37(16-4-7-25-62)48(95)85-39(19-10-28-77-57(69)70)50(97)87-40(20-11-29-78-58(71)72)51(98)86-38(18-9-27-76-56(67)68)49(96)83-36(15-3-6-24-61)47(94)82-35(14-2-5-23-60)46(93)81-34(17-8-26-75-55(65)66)45(92)80-32-43(63)91/h33-42,44,90H,2-32,60-62,64H2,1H3,(H2,63,91)(H,80,92)(H,81,93)(H,82,94)(H,83,96)(H,84,99)(H,85,95)(H,86,98)(H,87,97)(H,88,100)(H4,65,66,75)(H4,67,68,76)(H4,69,70,77)(H4,71,72,78)(H4,73,74,79)/t33-,34+,35+,36+,37-,38+,39+,40+,41+,42+,44+/m1/s1. The van der Waals surface area contributed by atoms with Crippen molar-refractivity contribution in [1.29, 1.82) is 0 Å². The van der Waals surface area contributed by atoms with Gasteiger partial charge in [0.1, 0.15) is 60.4 Å². The fraction of sp³-hybridized carbons (Fsp3) is 0.729. The number of carbonyl (C=O) groups is 11. The van der Waals surface area contributed by atoms with Crippen molar-refractivity contribution < 1.29 is 57.8 Å². The summed E-state index contributed by atoms with van der Waals surface area (Å²) in [4.78, 5) is 175. The van der Waals surface area contributed by atoms with Gasteiger partial charge in [0.05, 0.1) is 12.6 Å². The Morgan fingerprint density at radius 3 is 0.871 bits per heavy atom. The molecule has 40 N–H and O–H groups in total. The average molecular weight is 1440 g/mol. The van der Waals surface area contributed by atoms with Gasteiger partial charge in [0, 0.05) is 39.3 Å². The summed E-state index contributed by atoms with van der Waals surface area (Å²) >= 11 is 0. The molecule has 0 radical (unpaired) electrons. The number of rotatable bonds is 53. The van der Waals surface area contributed by atoms with Crippen LogP contribution in [0.1, 0.15) is 142 Å². The molecule has 0 aliphatic carbocycles. The van der Waals surface area contributed by atoms with E-state index in [0.717, 1.165) is 0 Å². The zero-order chi connectivity index (χ0) is 76.0. The first kappa shape index (κ1) is 89.3. The molecule has 0 aromatic heterocycles. The number of primary amides is 1. The van der Waals surface area contributed by atoms with Gasteiger partial charge < -0.3 is 144 Å². The maximum atomic E-state index is 14.8. The molecular formula is C59H116N30O12. The lowest BCUT2D eigenvalue weighted by molar-refractivity contribution is -0.142. The largest absolute Gasteiger partial charge is 0.391 e. The summed E-state index contributed by atoms with van der Waals surface area (Å²) in [6.45, 7) is 1.53. The highest BCUT2D eigenvalue weighted by molar-refractivity contribution is 5.99. The molecule has 0 aromatic rings. The van der Waals surface area contributed by atoms with E-state index >= 15 is 0 Å². The molecule has 574 valence electrons. The highest BCUT2D eigenvalue weighted by atomic mass is 16.3. The number of unbranched alkanes of at least 4 members (excludes halogenated alkanes) is 3. The van der Waals surface area contributed by atoms with Crippen molar-refractivity contribution >= 4 is 94.8 Å². The van der Waals surface area contributed by atoms with Gasteiger partial charge in [0.2, 0.25) is 65.0 Å². The Morgan fingerprint density at radius 2 is 0.634 bits per heavy atom. The van der Waals surface area contributed by atoms with Crippen molar-refractivity contribution in [1.82, 2.24) is 52.8 Å². The van der Waals surface area contributed by atoms with E-state index in [1.165, 1.54) is 11.8 Å². The summed E-state index contributed by atoms with van der Waals surface area (Å²) < 4.78 is 0. The third-order valence-corrected chi connectivity index (χ3v) is 15.7. The monoisotopic (exact) mass is 1440 g/mol. The predicted octanol–water partition coefficient (Wildman–Crippen LogP) is -11.2. The summed E-state index contributed by atoms with van der Waals surface area (Å²) in [5, 5.41) is 33.9. The van der Waals surface area contributed by atoms with Gasteiger partial charge in [-0.1, -0.05) is 0 Å². The van der Waals surface area contributed by atoms with Crippen molar-refractivity contribution in [2.45, 2.75) is 208 Å². The molecule has 1 aliphatic rings. The van der Waals surface area contributed by atoms with E-state index in [-0.39, 0.29) is 191 Å². The van der Waals surface area contributed by atoms with E-state index in [4.69, 9.17) is 86.0 Å². The Morgan fingerprint density at radius 1 is 0.386 bits per heavy atom. The summed E-state index contributed by atoms with van der Waals surface area (Å²) in [6.07, 6.45) is 1.26. The van der Waals surface area contributed by atoms with Crippen LogP contribution in [0.3, 0.4) is 0 Å². The number of hydrogen-bond acceptors (Lipinski definition) is 21. The first-order valence-electron chi connectivity index (χ1n) is 34.0. The first-order chi connectivity index (χ1) is 47.9. The van der Waals surface area contributed by atoms with Gasteiger partial charge >= 0.3 is 0 Å². The molecule has 0 bridgehead atoms. The Balaban J connectivity index is 3.91. The predicted molar refractivity (Wildman–Crippen MR) is 380 cm³/mol. The van der Waals surface area contributed by atoms with Crippen molar-refractivity contribution in [3.63, 3.8) is 0 Å². The molecule has 0 saturated carbocycles. The molecule has 0 unspecified atom stereocenters. The van der Waals surface area contributed by atoms with E-state index < -0.39 is 138 Å². The second kappa shape index (κ2) is 50.6. The fourth-order valence-electron chi connectivity index (χ4n) is 10.3. The molecule has 0 spiro atoms. The van der Waals surface area contributed by atoms with Crippen molar-refractivity contribution in [2.24, 2.45) is 111 Å². The van der Waals surface area contributed by atoms with Gasteiger partial charge in [-0.05, 0) is 161 Å². The number of nitrogens with two attached hydrogens (primary N) is 15. The lowest BCUT2D eigenvalue weighted by atomic mass is 10.0. The zero-order valence-electron chi connectivity index (χ0n) is 58.1. The normalized spacial score (nSPS) is 15.4. The minimum atomic E-state index is -1.52. The quantitative estimate of drug-likeness (QED) is 0.0153. The Kier molecular flexibility index (Phi) is 44.8. The van der Waals surface area contributed by atoms with E-state index in [9.17, 15) is 57.8 Å². The maximum Gasteiger partial charge on any atom is 0.243 e. The molecule has 1 aliphatic heterocycles. The third-order valence-electron chi connectivity index (χ3n) is 15.7. The Labute approximate surface area is 588 Å². The van der Waals surface area contributed by atoms with Crippen LogP contribution in [0.5, 0.6) is 0 Å². The number of likely N-dealkylation sites (tertiary alicyclic amines) is 1. The Hall–Kier alpha value is -9.68. The molecule has 0 aromatic carbocycles. The highest BCUT2D eigenvalue weighted by Crippen LogP contribution is 2.20. The molecule has 11 atom stereocenters. The number of aliphatic hydroxyl groups is 1. The average Bonchev–Trinajstić information content (AvgIpc) is 1.76. The molecule has 101 heavy (non-hydrogen) atoms. The van der Waals surface area contributed by atoms with Gasteiger partial charge in [0.15, 0.2) is 29.8 Å². The van der Waals surface area contributed by atoms with Crippen LogP contribution in [-0.4, -0.2) is 237 Å². The number of aliphatic hydroxyl groups excluding tert-OH is 1. The number of amides is 11. The summed E-state index contributed by atoms with van der Waals surface area (Å²) in [6, 6.07) is -13.6. The second-order valence-electron chi connectivity index (χ2n) is 24.2. The summed E-state index contributed by atoms with van der Waals surface area (Å²) in [7, 11) is 0.